The molecule has 0 aromatic heterocycles. The van der Waals surface area contributed by atoms with Crippen molar-refractivity contribution in [2.45, 2.75) is 33.1 Å². The largest absolute Gasteiger partial charge is 0.0766 e. The van der Waals surface area contributed by atoms with Gasteiger partial charge in [0.25, 0.3) is 0 Å². The smallest absolute Gasteiger partial charge is 0.0119 e. The lowest BCUT2D eigenvalue weighted by molar-refractivity contribution is 0.928. The minimum atomic E-state index is 1.18. The van der Waals surface area contributed by atoms with Gasteiger partial charge in [-0.25, -0.2) is 0 Å². The Morgan fingerprint density at radius 1 is 1.50 bits per heavy atom. The fraction of sp³-hybridized carbons (Fsp3) is 0.625. The van der Waals surface area contributed by atoms with Gasteiger partial charge in [-0.1, -0.05) is 11.1 Å². The summed E-state index contributed by atoms with van der Waals surface area (Å²) in [4.78, 5) is 0. The van der Waals surface area contributed by atoms with Crippen LogP contribution in [-0.2, 0) is 0 Å². The topological polar surface area (TPSA) is 0 Å². The summed E-state index contributed by atoms with van der Waals surface area (Å²) in [6.07, 6.45) is 7.10. The van der Waals surface area contributed by atoms with Crippen LogP contribution in [0.2, 0.25) is 0 Å². The van der Waals surface area contributed by atoms with Gasteiger partial charge in [-0.15, -0.1) is 0 Å². The van der Waals surface area contributed by atoms with Crippen LogP contribution in [0.4, 0.5) is 0 Å². The minimum Gasteiger partial charge on any atom is -0.0766 e. The lowest BCUT2D eigenvalue weighted by Crippen LogP contribution is -1.75. The van der Waals surface area contributed by atoms with E-state index in [1.165, 1.54) is 30.4 Å². The summed E-state index contributed by atoms with van der Waals surface area (Å²) in [7, 11) is 0. The average molecular weight is 108 g/mol. The van der Waals surface area contributed by atoms with Crippen LogP contribution in [0.1, 0.15) is 33.1 Å². The van der Waals surface area contributed by atoms with Crippen LogP contribution < -0.4 is 0 Å². The molecule has 8 heavy (non-hydrogen) atoms. The van der Waals surface area contributed by atoms with Gasteiger partial charge in [0.05, 0.1) is 0 Å². The third kappa shape index (κ3) is 1.12. The molecule has 44 valence electrons. The summed E-state index contributed by atoms with van der Waals surface area (Å²) < 4.78 is 0. The highest BCUT2D eigenvalue weighted by Crippen LogP contribution is 2.25. The van der Waals surface area contributed by atoms with Gasteiger partial charge < -0.3 is 0 Å². The lowest BCUT2D eigenvalue weighted by atomic mass is 10.1. The fourth-order valence-corrected chi connectivity index (χ4v) is 1.02. The molecule has 0 heteroatoms. The van der Waals surface area contributed by atoms with Gasteiger partial charge >= 0.3 is 0 Å². The van der Waals surface area contributed by atoms with Gasteiger partial charge in [0.1, 0.15) is 0 Å². The van der Waals surface area contributed by atoms with Gasteiger partial charge in [0.2, 0.25) is 0 Å². The highest BCUT2D eigenvalue weighted by molar-refractivity contribution is 5.22. The van der Waals surface area contributed by atoms with Crippen LogP contribution in [0.5, 0.6) is 0 Å². The van der Waals surface area contributed by atoms with Crippen molar-refractivity contribution < 1.29 is 0 Å². The maximum Gasteiger partial charge on any atom is 0.0119 e. The third-order valence-corrected chi connectivity index (χ3v) is 1.55. The molecule has 0 aromatic rings. The molecule has 0 nitrogen and oxygen atoms in total. The molecule has 0 spiro atoms. The second-order valence-electron chi connectivity index (χ2n) is 2.51. The zero-order valence-electron chi connectivity index (χ0n) is 5.62. The van der Waals surface area contributed by atoms with E-state index in [1.54, 1.807) is 0 Å². The predicted octanol–water partition coefficient (Wildman–Crippen LogP) is 2.59. The van der Waals surface area contributed by atoms with Crippen molar-refractivity contribution in [3.63, 3.8) is 0 Å². The van der Waals surface area contributed by atoms with E-state index < -0.39 is 0 Å². The highest BCUT2D eigenvalue weighted by atomic mass is 14.1. The molecule has 1 aliphatic rings. The van der Waals surface area contributed by atoms with Crippen LogP contribution >= 0.6 is 0 Å². The Labute approximate surface area is 51.6 Å². The molecule has 0 unspecified atom stereocenters. The molecule has 1 rings (SSSR count). The van der Waals surface area contributed by atoms with E-state index in [0.717, 1.165) is 0 Å². The van der Waals surface area contributed by atoms with Crippen LogP contribution in [0.15, 0.2) is 11.1 Å². The van der Waals surface area contributed by atoms with E-state index in [0.29, 0.717) is 0 Å². The summed E-state index contributed by atoms with van der Waals surface area (Å²) >= 11 is 0. The van der Waals surface area contributed by atoms with Crippen LogP contribution in [0, 0.1) is 6.42 Å². The van der Waals surface area contributed by atoms with Crippen molar-refractivity contribution >= 4 is 0 Å². The molecule has 1 saturated carbocycles. The summed E-state index contributed by atoms with van der Waals surface area (Å²) in [6.45, 7) is 4.32. The van der Waals surface area contributed by atoms with E-state index in [1.807, 2.05) is 0 Å². The minimum absolute atomic E-state index is 1.18. The standard InChI is InChI=1S/C8H12/c1-7(2)8-5-3-4-6-8/h3-5H2,1-2H3. The molecule has 0 aliphatic heterocycles. The van der Waals surface area contributed by atoms with Crippen molar-refractivity contribution in [1.82, 2.24) is 0 Å². The molecule has 0 heterocycles. The molecule has 0 atom stereocenters. The van der Waals surface area contributed by atoms with Gasteiger partial charge in [0, 0.05) is 6.42 Å². The Bertz CT molecular complexity index is 97.2. The van der Waals surface area contributed by atoms with Crippen LogP contribution in [0.3, 0.4) is 0 Å². The Balaban J connectivity index is 2.58. The van der Waals surface area contributed by atoms with E-state index >= 15 is 0 Å². The first-order valence-electron chi connectivity index (χ1n) is 3.21. The van der Waals surface area contributed by atoms with Gasteiger partial charge in [-0.2, -0.15) is 0 Å². The zero-order valence-corrected chi connectivity index (χ0v) is 5.62. The van der Waals surface area contributed by atoms with Crippen molar-refractivity contribution in [3.05, 3.63) is 17.6 Å². The number of hydrogen-bond donors (Lipinski definition) is 0. The summed E-state index contributed by atoms with van der Waals surface area (Å²) in [5.41, 5.74) is 2.91. The quantitative estimate of drug-likeness (QED) is 0.447. The molecular weight excluding hydrogens is 96.1 g/mol. The zero-order chi connectivity index (χ0) is 5.98. The number of allylic oxidation sites excluding steroid dienone is 2. The Hall–Kier alpha value is -0.260. The molecule has 0 amide bonds. The lowest BCUT2D eigenvalue weighted by Gasteiger charge is -1.94. The van der Waals surface area contributed by atoms with Crippen LogP contribution in [-0.4, -0.2) is 0 Å². The molecule has 0 saturated heterocycles. The van der Waals surface area contributed by atoms with Crippen molar-refractivity contribution in [1.29, 1.82) is 0 Å². The Morgan fingerprint density at radius 2 is 2.25 bits per heavy atom. The third-order valence-electron chi connectivity index (χ3n) is 1.55. The number of hydrogen-bond acceptors (Lipinski definition) is 0. The summed E-state index contributed by atoms with van der Waals surface area (Å²) in [5.74, 6) is 0. The van der Waals surface area contributed by atoms with Crippen molar-refractivity contribution in [2.24, 2.45) is 0 Å². The SMILES string of the molecule is CC(C)=C1[C]CCC1. The van der Waals surface area contributed by atoms with E-state index in [4.69, 9.17) is 0 Å². The molecular formula is C8H12. The second kappa shape index (κ2) is 2.34. The maximum atomic E-state index is 3.34. The maximum absolute atomic E-state index is 3.34. The highest BCUT2D eigenvalue weighted by Gasteiger charge is 2.07. The normalized spacial score (nSPS) is 19.5. The molecule has 0 aromatic carbocycles. The number of rotatable bonds is 0. The molecule has 1 aliphatic carbocycles. The molecule has 0 N–H and O–H groups in total. The van der Waals surface area contributed by atoms with Gasteiger partial charge in [-0.3, -0.25) is 0 Å². The van der Waals surface area contributed by atoms with Crippen LogP contribution in [0.25, 0.3) is 0 Å². The van der Waals surface area contributed by atoms with E-state index in [9.17, 15) is 0 Å². The Kier molecular flexibility index (Phi) is 1.72. The van der Waals surface area contributed by atoms with Crippen molar-refractivity contribution in [2.75, 3.05) is 0 Å². The fourth-order valence-electron chi connectivity index (χ4n) is 1.02. The molecule has 1 fully saturated rings. The first kappa shape index (κ1) is 5.87. The first-order valence-corrected chi connectivity index (χ1v) is 3.21. The van der Waals surface area contributed by atoms with Gasteiger partial charge in [-0.05, 0) is 33.1 Å². The summed E-state index contributed by atoms with van der Waals surface area (Å²) in [5, 5.41) is 0. The first-order chi connectivity index (χ1) is 3.80. The second-order valence-corrected chi connectivity index (χ2v) is 2.51. The Morgan fingerprint density at radius 3 is 2.50 bits per heavy atom. The molecule has 2 radical (unpaired) electrons. The predicted molar refractivity (Wildman–Crippen MR) is 35.5 cm³/mol. The van der Waals surface area contributed by atoms with E-state index in [2.05, 4.69) is 20.3 Å². The van der Waals surface area contributed by atoms with Gasteiger partial charge in [0.15, 0.2) is 0 Å². The molecule has 0 bridgehead atoms. The van der Waals surface area contributed by atoms with Crippen molar-refractivity contribution in [3.8, 4) is 0 Å². The monoisotopic (exact) mass is 108 g/mol. The summed E-state index contributed by atoms with van der Waals surface area (Å²) in [6, 6.07) is 0. The van der Waals surface area contributed by atoms with E-state index in [-0.39, 0.29) is 0 Å². The average Bonchev–Trinajstić information content (AvgIpc) is 2.12.